The van der Waals surface area contributed by atoms with E-state index < -0.39 is 0 Å². The highest BCUT2D eigenvalue weighted by Gasteiger charge is 2.03. The molecule has 2 aromatic heterocycles. The van der Waals surface area contributed by atoms with Gasteiger partial charge in [0.05, 0.1) is 12.2 Å². The Morgan fingerprint density at radius 1 is 1.47 bits per heavy atom. The van der Waals surface area contributed by atoms with Gasteiger partial charge in [-0.3, -0.25) is 0 Å². The topological polar surface area (TPSA) is 89.9 Å². The summed E-state index contributed by atoms with van der Waals surface area (Å²) >= 11 is 3.28. The normalized spacial score (nSPS) is 10.2. The predicted octanol–water partition coefficient (Wildman–Crippen LogP) is 1.42. The van der Waals surface area contributed by atoms with Crippen LogP contribution in [0.3, 0.4) is 0 Å². The number of nitrogens with one attached hydrogen (secondary N) is 1. The largest absolute Gasteiger partial charge is 0.396 e. The first kappa shape index (κ1) is 9.91. The second-order valence-corrected chi connectivity index (χ2v) is 3.71. The molecule has 2 rings (SSSR count). The summed E-state index contributed by atoms with van der Waals surface area (Å²) in [5.41, 5.74) is 6.30. The number of rotatable bonds is 3. The summed E-state index contributed by atoms with van der Waals surface area (Å²) in [5.74, 6) is 1.15. The molecule has 7 heteroatoms. The van der Waals surface area contributed by atoms with E-state index in [1.54, 1.807) is 12.3 Å². The summed E-state index contributed by atoms with van der Waals surface area (Å²) in [6, 6.07) is 1.77. The van der Waals surface area contributed by atoms with Gasteiger partial charge in [0.1, 0.15) is 5.82 Å². The van der Waals surface area contributed by atoms with Crippen molar-refractivity contribution >= 4 is 27.4 Å². The van der Waals surface area contributed by atoms with Crippen molar-refractivity contribution in [2.75, 3.05) is 11.1 Å². The minimum atomic E-state index is 0.426. The molecule has 15 heavy (non-hydrogen) atoms. The van der Waals surface area contributed by atoms with E-state index in [9.17, 15) is 0 Å². The number of anilines is 2. The molecule has 0 spiro atoms. The first-order chi connectivity index (χ1) is 7.25. The lowest BCUT2D eigenvalue weighted by Gasteiger charge is -2.05. The van der Waals surface area contributed by atoms with Gasteiger partial charge in [0.15, 0.2) is 5.82 Å². The van der Waals surface area contributed by atoms with Crippen LogP contribution in [0.2, 0.25) is 0 Å². The molecule has 2 aromatic rings. The van der Waals surface area contributed by atoms with Crippen LogP contribution in [0.15, 0.2) is 27.7 Å². The molecule has 0 saturated carbocycles. The molecular weight excluding hydrogens is 262 g/mol. The molecule has 0 aliphatic rings. The number of pyridine rings is 1. The maximum atomic E-state index is 5.74. The van der Waals surface area contributed by atoms with Gasteiger partial charge in [0.25, 0.3) is 0 Å². The molecule has 0 bridgehead atoms. The maximum Gasteiger partial charge on any atom is 0.213 e. The highest BCUT2D eigenvalue weighted by molar-refractivity contribution is 9.10. The van der Waals surface area contributed by atoms with Gasteiger partial charge in [-0.05, 0) is 22.0 Å². The van der Waals surface area contributed by atoms with Crippen LogP contribution < -0.4 is 11.1 Å². The van der Waals surface area contributed by atoms with Gasteiger partial charge in [-0.25, -0.2) is 4.98 Å². The van der Waals surface area contributed by atoms with Crippen molar-refractivity contribution in [3.8, 4) is 0 Å². The third-order valence-corrected chi connectivity index (χ3v) is 2.14. The van der Waals surface area contributed by atoms with Crippen LogP contribution in [-0.4, -0.2) is 15.1 Å². The molecule has 0 aliphatic heterocycles. The summed E-state index contributed by atoms with van der Waals surface area (Å²) in [5, 5.41) is 6.65. The average Bonchev–Trinajstić information content (AvgIpc) is 2.69. The zero-order valence-electron chi connectivity index (χ0n) is 7.64. The van der Waals surface area contributed by atoms with Crippen LogP contribution in [0.5, 0.6) is 0 Å². The Kier molecular flexibility index (Phi) is 2.82. The Bertz CT molecular complexity index is 444. The minimum absolute atomic E-state index is 0.426. The molecular formula is C8H8BrN5O. The lowest BCUT2D eigenvalue weighted by Crippen LogP contribution is -2.05. The maximum absolute atomic E-state index is 5.74. The van der Waals surface area contributed by atoms with Crippen LogP contribution in [0.25, 0.3) is 0 Å². The SMILES string of the molecule is Nc1cc(Br)cnc1NCc1ncon1. The lowest BCUT2D eigenvalue weighted by atomic mass is 10.4. The number of aromatic nitrogens is 3. The Morgan fingerprint density at radius 2 is 2.33 bits per heavy atom. The summed E-state index contributed by atoms with van der Waals surface area (Å²) < 4.78 is 5.43. The lowest BCUT2D eigenvalue weighted by molar-refractivity contribution is 0.411. The molecule has 0 amide bonds. The van der Waals surface area contributed by atoms with E-state index in [2.05, 4.69) is 40.9 Å². The molecule has 3 N–H and O–H groups in total. The highest BCUT2D eigenvalue weighted by Crippen LogP contribution is 2.19. The molecule has 2 heterocycles. The molecule has 0 unspecified atom stereocenters. The minimum Gasteiger partial charge on any atom is -0.396 e. The third kappa shape index (κ3) is 2.44. The van der Waals surface area contributed by atoms with Crippen molar-refractivity contribution in [3.63, 3.8) is 0 Å². The first-order valence-electron chi connectivity index (χ1n) is 4.16. The van der Waals surface area contributed by atoms with Crippen molar-refractivity contribution in [2.24, 2.45) is 0 Å². The van der Waals surface area contributed by atoms with Gasteiger partial charge in [0, 0.05) is 10.7 Å². The van der Waals surface area contributed by atoms with Crippen LogP contribution in [0.4, 0.5) is 11.5 Å². The van der Waals surface area contributed by atoms with Gasteiger partial charge in [-0.15, -0.1) is 0 Å². The number of nitrogens with two attached hydrogens (primary N) is 1. The van der Waals surface area contributed by atoms with E-state index in [1.807, 2.05) is 0 Å². The molecule has 6 nitrogen and oxygen atoms in total. The van der Waals surface area contributed by atoms with E-state index in [4.69, 9.17) is 5.73 Å². The second kappa shape index (κ2) is 4.26. The van der Waals surface area contributed by atoms with Gasteiger partial charge >= 0.3 is 0 Å². The smallest absolute Gasteiger partial charge is 0.213 e. The quantitative estimate of drug-likeness (QED) is 0.876. The monoisotopic (exact) mass is 269 g/mol. The van der Waals surface area contributed by atoms with E-state index >= 15 is 0 Å². The number of hydrogen-bond acceptors (Lipinski definition) is 6. The molecule has 0 atom stereocenters. The van der Waals surface area contributed by atoms with Crippen LogP contribution in [-0.2, 0) is 6.54 Å². The van der Waals surface area contributed by atoms with Crippen molar-refractivity contribution in [2.45, 2.75) is 6.54 Å². The fourth-order valence-electron chi connectivity index (χ4n) is 1.04. The van der Waals surface area contributed by atoms with Crippen molar-refractivity contribution < 1.29 is 4.52 Å². The zero-order chi connectivity index (χ0) is 10.7. The van der Waals surface area contributed by atoms with E-state index in [1.165, 1.54) is 6.39 Å². The standard InChI is InChI=1S/C8H8BrN5O/c9-5-1-6(10)8(11-2-5)12-3-7-13-4-15-14-7/h1-2,4H,3,10H2,(H,11,12). The van der Waals surface area contributed by atoms with Crippen molar-refractivity contribution in [3.05, 3.63) is 29.0 Å². The predicted molar refractivity (Wildman–Crippen MR) is 58.0 cm³/mol. The molecule has 78 valence electrons. The Balaban J connectivity index is 2.05. The van der Waals surface area contributed by atoms with Gasteiger partial charge in [0.2, 0.25) is 6.39 Å². The summed E-state index contributed by atoms with van der Waals surface area (Å²) in [4.78, 5) is 7.97. The van der Waals surface area contributed by atoms with E-state index in [0.717, 1.165) is 4.47 Å². The second-order valence-electron chi connectivity index (χ2n) is 2.79. The molecule has 0 aromatic carbocycles. The van der Waals surface area contributed by atoms with Crippen LogP contribution >= 0.6 is 15.9 Å². The van der Waals surface area contributed by atoms with E-state index in [0.29, 0.717) is 23.9 Å². The number of halogens is 1. The van der Waals surface area contributed by atoms with Gasteiger partial charge in [-0.1, -0.05) is 5.16 Å². The fourth-order valence-corrected chi connectivity index (χ4v) is 1.38. The third-order valence-electron chi connectivity index (χ3n) is 1.70. The summed E-state index contributed by atoms with van der Waals surface area (Å²) in [6.07, 6.45) is 2.93. The van der Waals surface area contributed by atoms with E-state index in [-0.39, 0.29) is 0 Å². The van der Waals surface area contributed by atoms with Gasteiger partial charge < -0.3 is 15.6 Å². The summed E-state index contributed by atoms with van der Waals surface area (Å²) in [7, 11) is 0. The Morgan fingerprint density at radius 3 is 3.00 bits per heavy atom. The number of nitrogen functional groups attached to an aromatic ring is 1. The summed E-state index contributed by atoms with van der Waals surface area (Å²) in [6.45, 7) is 0.426. The highest BCUT2D eigenvalue weighted by atomic mass is 79.9. The number of hydrogen-bond donors (Lipinski definition) is 2. The first-order valence-corrected chi connectivity index (χ1v) is 4.95. The number of nitrogens with zero attached hydrogens (tertiary/aromatic N) is 3. The molecule has 0 saturated heterocycles. The van der Waals surface area contributed by atoms with Gasteiger partial charge in [-0.2, -0.15) is 4.98 Å². The average molecular weight is 270 g/mol. The molecule has 0 fully saturated rings. The fraction of sp³-hybridized carbons (Fsp3) is 0.125. The molecule has 0 aliphatic carbocycles. The van der Waals surface area contributed by atoms with Crippen molar-refractivity contribution in [1.82, 2.24) is 15.1 Å². The van der Waals surface area contributed by atoms with Crippen LogP contribution in [0, 0.1) is 0 Å². The Labute approximate surface area is 94.0 Å². The molecule has 0 radical (unpaired) electrons. The Hall–Kier alpha value is -1.63. The van der Waals surface area contributed by atoms with Crippen molar-refractivity contribution in [1.29, 1.82) is 0 Å². The zero-order valence-corrected chi connectivity index (χ0v) is 9.23. The van der Waals surface area contributed by atoms with Crippen LogP contribution in [0.1, 0.15) is 5.82 Å².